The van der Waals surface area contributed by atoms with Crippen molar-refractivity contribution in [1.29, 1.82) is 0 Å². The molecule has 0 radical (unpaired) electrons. The number of methoxy groups -OCH3 is 4. The fourth-order valence-electron chi connectivity index (χ4n) is 2.99. The average molecular weight is 402 g/mol. The van der Waals surface area contributed by atoms with Crippen molar-refractivity contribution in [2.45, 2.75) is 19.9 Å². The number of hydrogen-bond acceptors (Lipinski definition) is 5. The van der Waals surface area contributed by atoms with Crippen molar-refractivity contribution in [2.24, 2.45) is 4.99 Å². The Labute approximate surface area is 173 Å². The largest absolute Gasteiger partial charge is 0.496 e. The molecular weight excluding hydrogens is 370 g/mol. The van der Waals surface area contributed by atoms with E-state index in [2.05, 4.69) is 33.8 Å². The highest BCUT2D eigenvalue weighted by atomic mass is 16.5. The highest BCUT2D eigenvalue weighted by Gasteiger charge is 2.13. The summed E-state index contributed by atoms with van der Waals surface area (Å²) < 4.78 is 21.6. The van der Waals surface area contributed by atoms with Gasteiger partial charge in [0, 0.05) is 20.1 Å². The number of aryl methyl sites for hydroxylation is 1. The van der Waals surface area contributed by atoms with Crippen LogP contribution >= 0.6 is 0 Å². The van der Waals surface area contributed by atoms with Gasteiger partial charge in [0.25, 0.3) is 0 Å². The molecule has 2 aromatic carbocycles. The Morgan fingerprint density at radius 1 is 0.828 bits per heavy atom. The number of guanidine groups is 1. The molecule has 0 amide bonds. The van der Waals surface area contributed by atoms with Crippen molar-refractivity contribution in [1.82, 2.24) is 10.6 Å². The maximum absolute atomic E-state index is 5.40. The summed E-state index contributed by atoms with van der Waals surface area (Å²) in [5, 5.41) is 6.64. The third-order valence-electron chi connectivity index (χ3n) is 4.59. The number of ether oxygens (including phenoxy) is 4. The molecule has 0 aliphatic carbocycles. The van der Waals surface area contributed by atoms with Crippen molar-refractivity contribution in [3.05, 3.63) is 47.0 Å². The first kappa shape index (κ1) is 22.2. The van der Waals surface area contributed by atoms with Crippen LogP contribution in [0.5, 0.6) is 23.0 Å². The molecule has 2 N–H and O–H groups in total. The van der Waals surface area contributed by atoms with E-state index in [1.165, 1.54) is 5.56 Å². The van der Waals surface area contributed by atoms with Gasteiger partial charge in [-0.15, -0.1) is 0 Å². The lowest BCUT2D eigenvalue weighted by molar-refractivity contribution is 0.323. The molecular formula is C22H31N3O4. The topological polar surface area (TPSA) is 73.3 Å². The van der Waals surface area contributed by atoms with Gasteiger partial charge in [0.15, 0.2) is 17.5 Å². The van der Waals surface area contributed by atoms with E-state index in [1.54, 1.807) is 35.5 Å². The first-order valence-corrected chi connectivity index (χ1v) is 9.43. The van der Waals surface area contributed by atoms with Gasteiger partial charge in [0.2, 0.25) is 5.75 Å². The van der Waals surface area contributed by atoms with Gasteiger partial charge in [0.05, 0.1) is 28.4 Å². The van der Waals surface area contributed by atoms with Gasteiger partial charge in [0.1, 0.15) is 5.75 Å². The van der Waals surface area contributed by atoms with E-state index < -0.39 is 0 Å². The summed E-state index contributed by atoms with van der Waals surface area (Å²) in [4.78, 5) is 4.28. The first-order chi connectivity index (χ1) is 14.1. The molecule has 0 aliphatic rings. The highest BCUT2D eigenvalue weighted by molar-refractivity contribution is 5.79. The highest BCUT2D eigenvalue weighted by Crippen LogP contribution is 2.38. The molecule has 0 saturated heterocycles. The summed E-state index contributed by atoms with van der Waals surface area (Å²) >= 11 is 0. The maximum Gasteiger partial charge on any atom is 0.203 e. The number of rotatable bonds is 9. The van der Waals surface area contributed by atoms with Crippen LogP contribution < -0.4 is 29.6 Å². The molecule has 0 aliphatic heterocycles. The molecule has 0 fully saturated rings. The van der Waals surface area contributed by atoms with Crippen molar-refractivity contribution >= 4 is 5.96 Å². The SMILES string of the molecule is CN=C(NCCc1ccc(C)c(OC)c1)NCc1cc(OC)c(OC)c(OC)c1. The Bertz CT molecular complexity index is 812. The van der Waals surface area contributed by atoms with Crippen LogP contribution in [0.2, 0.25) is 0 Å². The summed E-state index contributed by atoms with van der Waals surface area (Å²) in [6.45, 7) is 3.35. The molecule has 0 spiro atoms. The monoisotopic (exact) mass is 401 g/mol. The summed E-state index contributed by atoms with van der Waals surface area (Å²) in [6.07, 6.45) is 0.863. The van der Waals surface area contributed by atoms with E-state index in [0.717, 1.165) is 35.8 Å². The molecule has 0 unspecified atom stereocenters. The first-order valence-electron chi connectivity index (χ1n) is 9.43. The lowest BCUT2D eigenvalue weighted by Crippen LogP contribution is -2.37. The standard InChI is InChI=1S/C22H31N3O4/c1-15-7-8-16(11-18(15)26-3)9-10-24-22(23-2)25-14-17-12-19(27-4)21(29-6)20(13-17)28-5/h7-8,11-13H,9-10,14H2,1-6H3,(H2,23,24,25). The molecule has 7 heteroatoms. The Morgan fingerprint density at radius 3 is 2.00 bits per heavy atom. The molecule has 0 aromatic heterocycles. The van der Waals surface area contributed by atoms with E-state index in [4.69, 9.17) is 18.9 Å². The van der Waals surface area contributed by atoms with Gasteiger partial charge < -0.3 is 29.6 Å². The van der Waals surface area contributed by atoms with Crippen LogP contribution in [0.15, 0.2) is 35.3 Å². The normalized spacial score (nSPS) is 11.0. The van der Waals surface area contributed by atoms with Crippen molar-refractivity contribution in [2.75, 3.05) is 42.0 Å². The predicted molar refractivity (Wildman–Crippen MR) is 116 cm³/mol. The van der Waals surface area contributed by atoms with Crippen LogP contribution in [0.25, 0.3) is 0 Å². The van der Waals surface area contributed by atoms with Crippen LogP contribution in [0.1, 0.15) is 16.7 Å². The number of nitrogens with one attached hydrogen (secondary N) is 2. The van der Waals surface area contributed by atoms with Gasteiger partial charge in [-0.1, -0.05) is 12.1 Å². The zero-order valence-electron chi connectivity index (χ0n) is 18.1. The van der Waals surface area contributed by atoms with Crippen LogP contribution in [0.4, 0.5) is 0 Å². The number of aliphatic imine (C=N–C) groups is 1. The van der Waals surface area contributed by atoms with Crippen LogP contribution in [0, 0.1) is 6.92 Å². The lowest BCUT2D eigenvalue weighted by Gasteiger charge is -2.16. The minimum absolute atomic E-state index is 0.564. The van der Waals surface area contributed by atoms with Crippen molar-refractivity contribution in [3.8, 4) is 23.0 Å². The third-order valence-corrected chi connectivity index (χ3v) is 4.59. The Balaban J connectivity index is 1.94. The van der Waals surface area contributed by atoms with Gasteiger partial charge in [-0.25, -0.2) is 0 Å². The smallest absolute Gasteiger partial charge is 0.203 e. The van der Waals surface area contributed by atoms with Crippen molar-refractivity contribution < 1.29 is 18.9 Å². The molecule has 158 valence electrons. The number of benzene rings is 2. The Kier molecular flexibility index (Phi) is 8.45. The second-order valence-electron chi connectivity index (χ2n) is 6.44. The summed E-state index contributed by atoms with van der Waals surface area (Å²) in [5.41, 5.74) is 3.33. The molecule has 7 nitrogen and oxygen atoms in total. The molecule has 0 atom stereocenters. The van der Waals surface area contributed by atoms with E-state index in [-0.39, 0.29) is 0 Å². The van der Waals surface area contributed by atoms with Gasteiger partial charge in [-0.3, -0.25) is 4.99 Å². The minimum atomic E-state index is 0.564. The molecule has 0 heterocycles. The quantitative estimate of drug-likeness (QED) is 0.497. The van der Waals surface area contributed by atoms with Crippen LogP contribution in [-0.4, -0.2) is 48.0 Å². The predicted octanol–water partition coefficient (Wildman–Crippen LogP) is 2.94. The second-order valence-corrected chi connectivity index (χ2v) is 6.44. The minimum Gasteiger partial charge on any atom is -0.496 e. The van der Waals surface area contributed by atoms with Gasteiger partial charge in [-0.2, -0.15) is 0 Å². The van der Waals surface area contributed by atoms with Crippen LogP contribution in [0.3, 0.4) is 0 Å². The zero-order chi connectivity index (χ0) is 21.2. The summed E-state index contributed by atoms with van der Waals surface area (Å²) in [7, 11) is 8.25. The zero-order valence-corrected chi connectivity index (χ0v) is 18.1. The number of nitrogens with zero attached hydrogens (tertiary/aromatic N) is 1. The Morgan fingerprint density at radius 2 is 1.45 bits per heavy atom. The Hall–Kier alpha value is -3.09. The fraction of sp³-hybridized carbons (Fsp3) is 0.409. The summed E-state index contributed by atoms with van der Waals surface area (Å²) in [6, 6.07) is 10.1. The van der Waals surface area contributed by atoms with E-state index in [9.17, 15) is 0 Å². The molecule has 0 bridgehead atoms. The van der Waals surface area contributed by atoms with E-state index >= 15 is 0 Å². The van der Waals surface area contributed by atoms with E-state index in [1.807, 2.05) is 19.1 Å². The number of hydrogen-bond donors (Lipinski definition) is 2. The lowest BCUT2D eigenvalue weighted by atomic mass is 10.1. The van der Waals surface area contributed by atoms with Gasteiger partial charge in [-0.05, 0) is 48.2 Å². The van der Waals surface area contributed by atoms with Crippen molar-refractivity contribution in [3.63, 3.8) is 0 Å². The van der Waals surface area contributed by atoms with E-state index in [0.29, 0.717) is 23.8 Å². The molecule has 2 rings (SSSR count). The second kappa shape index (κ2) is 11.0. The van der Waals surface area contributed by atoms with Crippen LogP contribution in [-0.2, 0) is 13.0 Å². The average Bonchev–Trinajstić information content (AvgIpc) is 2.76. The fourth-order valence-corrected chi connectivity index (χ4v) is 2.99. The maximum atomic E-state index is 5.40. The third kappa shape index (κ3) is 5.94. The molecule has 29 heavy (non-hydrogen) atoms. The molecule has 0 saturated carbocycles. The van der Waals surface area contributed by atoms with Gasteiger partial charge >= 0.3 is 0 Å². The summed E-state index contributed by atoms with van der Waals surface area (Å²) in [5.74, 6) is 3.46. The molecule has 2 aromatic rings.